The third-order valence-corrected chi connectivity index (χ3v) is 3.01. The van der Waals surface area contributed by atoms with Crippen LogP contribution in [0.5, 0.6) is 0 Å². The van der Waals surface area contributed by atoms with Crippen LogP contribution in [-0.4, -0.2) is 35.5 Å². The summed E-state index contributed by atoms with van der Waals surface area (Å²) in [4.78, 5) is 13.2. The predicted octanol–water partition coefficient (Wildman–Crippen LogP) is 0.995. The quantitative estimate of drug-likeness (QED) is 0.709. The van der Waals surface area contributed by atoms with Crippen LogP contribution < -0.4 is 5.32 Å². The molecule has 1 fully saturated rings. The molecule has 1 aliphatic heterocycles. The SMILES string of the molecule is CCC(C)(C)N1CC(NC(C)=O)C1. The standard InChI is InChI=1S/C10H20N2O/c1-5-10(3,4)12-6-9(7-12)11-8(2)13/h9H,5-7H2,1-4H3,(H,11,13). The largest absolute Gasteiger partial charge is 0.351 e. The van der Waals surface area contributed by atoms with Gasteiger partial charge >= 0.3 is 0 Å². The maximum atomic E-state index is 10.7. The molecule has 1 aliphatic rings. The zero-order valence-electron chi connectivity index (χ0n) is 9.05. The Balaban J connectivity index is 2.29. The van der Waals surface area contributed by atoms with Gasteiger partial charge in [-0.3, -0.25) is 9.69 Å². The molecular weight excluding hydrogens is 164 g/mol. The Hall–Kier alpha value is -0.570. The fraction of sp³-hybridized carbons (Fsp3) is 0.900. The minimum atomic E-state index is 0.0824. The minimum absolute atomic E-state index is 0.0824. The Kier molecular flexibility index (Phi) is 2.96. The number of hydrogen-bond acceptors (Lipinski definition) is 2. The summed E-state index contributed by atoms with van der Waals surface area (Å²) in [5, 5.41) is 2.92. The zero-order valence-corrected chi connectivity index (χ0v) is 9.05. The van der Waals surface area contributed by atoms with E-state index in [4.69, 9.17) is 0 Å². The van der Waals surface area contributed by atoms with E-state index in [0.29, 0.717) is 6.04 Å². The van der Waals surface area contributed by atoms with E-state index in [0.717, 1.165) is 19.5 Å². The van der Waals surface area contributed by atoms with Gasteiger partial charge in [0.1, 0.15) is 0 Å². The molecule has 1 amide bonds. The van der Waals surface area contributed by atoms with Crippen molar-refractivity contribution in [1.29, 1.82) is 0 Å². The maximum Gasteiger partial charge on any atom is 0.217 e. The number of hydrogen-bond donors (Lipinski definition) is 1. The summed E-state index contributed by atoms with van der Waals surface area (Å²) in [6.07, 6.45) is 1.15. The molecule has 0 atom stereocenters. The van der Waals surface area contributed by atoms with Crippen molar-refractivity contribution < 1.29 is 4.79 Å². The second kappa shape index (κ2) is 3.66. The average Bonchev–Trinajstić information content (AvgIpc) is 1.95. The molecule has 1 saturated heterocycles. The summed E-state index contributed by atoms with van der Waals surface area (Å²) < 4.78 is 0. The molecule has 3 heteroatoms. The number of likely N-dealkylation sites (tertiary alicyclic amines) is 1. The van der Waals surface area contributed by atoms with Crippen LogP contribution in [0.1, 0.15) is 34.1 Å². The van der Waals surface area contributed by atoms with Crippen LogP contribution in [0.15, 0.2) is 0 Å². The summed E-state index contributed by atoms with van der Waals surface area (Å²) in [6, 6.07) is 0.378. The molecule has 0 radical (unpaired) electrons. The van der Waals surface area contributed by atoms with E-state index >= 15 is 0 Å². The highest BCUT2D eigenvalue weighted by atomic mass is 16.1. The molecule has 76 valence electrons. The molecule has 0 aliphatic carbocycles. The van der Waals surface area contributed by atoms with Crippen LogP contribution in [0.2, 0.25) is 0 Å². The van der Waals surface area contributed by atoms with Crippen LogP contribution in [0.4, 0.5) is 0 Å². The lowest BCUT2D eigenvalue weighted by Gasteiger charge is -2.49. The highest BCUT2D eigenvalue weighted by molar-refractivity contribution is 5.73. The van der Waals surface area contributed by atoms with Crippen LogP contribution in [0, 0.1) is 0 Å². The van der Waals surface area contributed by atoms with Gasteiger partial charge in [0, 0.05) is 25.6 Å². The van der Waals surface area contributed by atoms with Gasteiger partial charge in [0.15, 0.2) is 0 Å². The fourth-order valence-electron chi connectivity index (χ4n) is 1.58. The first kappa shape index (κ1) is 10.5. The molecular formula is C10H20N2O. The lowest BCUT2D eigenvalue weighted by atomic mass is 9.93. The van der Waals surface area contributed by atoms with Crippen LogP contribution in [0.25, 0.3) is 0 Å². The third-order valence-electron chi connectivity index (χ3n) is 3.01. The van der Waals surface area contributed by atoms with Crippen LogP contribution >= 0.6 is 0 Å². The minimum Gasteiger partial charge on any atom is -0.351 e. The molecule has 0 aromatic carbocycles. The van der Waals surface area contributed by atoms with E-state index in [1.54, 1.807) is 6.92 Å². The van der Waals surface area contributed by atoms with Gasteiger partial charge in [0.25, 0.3) is 0 Å². The van der Waals surface area contributed by atoms with Gasteiger partial charge in [-0.2, -0.15) is 0 Å². The summed E-state index contributed by atoms with van der Waals surface area (Å²) in [5.41, 5.74) is 0.287. The van der Waals surface area contributed by atoms with Crippen LogP contribution in [-0.2, 0) is 4.79 Å². The monoisotopic (exact) mass is 184 g/mol. The number of nitrogens with one attached hydrogen (secondary N) is 1. The number of nitrogens with zero attached hydrogens (tertiary/aromatic N) is 1. The zero-order chi connectivity index (χ0) is 10.1. The normalized spacial score (nSPS) is 19.7. The fourth-order valence-corrected chi connectivity index (χ4v) is 1.58. The second-order valence-electron chi connectivity index (χ2n) is 4.47. The summed E-state index contributed by atoms with van der Waals surface area (Å²) >= 11 is 0. The lowest BCUT2D eigenvalue weighted by Crippen LogP contribution is -2.64. The molecule has 1 rings (SSSR count). The molecule has 0 aromatic rings. The molecule has 0 bridgehead atoms. The molecule has 1 heterocycles. The van der Waals surface area contributed by atoms with Gasteiger partial charge < -0.3 is 5.32 Å². The van der Waals surface area contributed by atoms with E-state index in [1.807, 2.05) is 0 Å². The van der Waals surface area contributed by atoms with E-state index < -0.39 is 0 Å². The van der Waals surface area contributed by atoms with E-state index in [-0.39, 0.29) is 11.4 Å². The lowest BCUT2D eigenvalue weighted by molar-refractivity contribution is -0.121. The maximum absolute atomic E-state index is 10.7. The summed E-state index contributed by atoms with van der Waals surface area (Å²) in [5.74, 6) is 0.0824. The van der Waals surface area contributed by atoms with Crippen molar-refractivity contribution >= 4 is 5.91 Å². The van der Waals surface area contributed by atoms with E-state index in [9.17, 15) is 4.79 Å². The van der Waals surface area contributed by atoms with Gasteiger partial charge in [-0.25, -0.2) is 0 Å². The van der Waals surface area contributed by atoms with Crippen molar-refractivity contribution in [2.24, 2.45) is 0 Å². The molecule has 0 spiro atoms. The van der Waals surface area contributed by atoms with Crippen molar-refractivity contribution in [2.45, 2.75) is 45.7 Å². The number of rotatable bonds is 3. The van der Waals surface area contributed by atoms with Crippen molar-refractivity contribution in [3.63, 3.8) is 0 Å². The van der Waals surface area contributed by atoms with Gasteiger partial charge in [-0.1, -0.05) is 6.92 Å². The Morgan fingerprint density at radius 2 is 2.08 bits per heavy atom. The second-order valence-corrected chi connectivity index (χ2v) is 4.47. The van der Waals surface area contributed by atoms with Crippen LogP contribution in [0.3, 0.4) is 0 Å². The Labute approximate surface area is 80.5 Å². The van der Waals surface area contributed by atoms with Gasteiger partial charge in [0.05, 0.1) is 6.04 Å². The number of carbonyl (C=O) groups excluding carboxylic acids is 1. The highest BCUT2D eigenvalue weighted by Gasteiger charge is 2.36. The van der Waals surface area contributed by atoms with Gasteiger partial charge in [-0.05, 0) is 20.3 Å². The highest BCUT2D eigenvalue weighted by Crippen LogP contribution is 2.24. The topological polar surface area (TPSA) is 32.3 Å². The Morgan fingerprint density at radius 1 is 1.54 bits per heavy atom. The van der Waals surface area contributed by atoms with Crippen molar-refractivity contribution in [1.82, 2.24) is 10.2 Å². The first-order valence-electron chi connectivity index (χ1n) is 4.98. The first-order valence-corrected chi connectivity index (χ1v) is 4.98. The Morgan fingerprint density at radius 3 is 2.46 bits per heavy atom. The average molecular weight is 184 g/mol. The van der Waals surface area contributed by atoms with Crippen molar-refractivity contribution in [3.8, 4) is 0 Å². The molecule has 0 aromatic heterocycles. The Bertz CT molecular complexity index is 195. The van der Waals surface area contributed by atoms with Crippen molar-refractivity contribution in [2.75, 3.05) is 13.1 Å². The molecule has 0 unspecified atom stereocenters. The summed E-state index contributed by atoms with van der Waals surface area (Å²) in [7, 11) is 0. The van der Waals surface area contributed by atoms with Gasteiger partial charge in [0.2, 0.25) is 5.91 Å². The van der Waals surface area contributed by atoms with E-state index in [1.165, 1.54) is 0 Å². The smallest absolute Gasteiger partial charge is 0.217 e. The van der Waals surface area contributed by atoms with Gasteiger partial charge in [-0.15, -0.1) is 0 Å². The molecule has 1 N–H and O–H groups in total. The first-order chi connectivity index (χ1) is 5.95. The number of carbonyl (C=O) groups is 1. The predicted molar refractivity (Wildman–Crippen MR) is 53.5 cm³/mol. The summed E-state index contributed by atoms with van der Waals surface area (Å²) in [6.45, 7) is 10.3. The molecule has 13 heavy (non-hydrogen) atoms. The van der Waals surface area contributed by atoms with E-state index in [2.05, 4.69) is 31.0 Å². The number of amides is 1. The molecule has 3 nitrogen and oxygen atoms in total. The van der Waals surface area contributed by atoms with Crippen molar-refractivity contribution in [3.05, 3.63) is 0 Å². The molecule has 0 saturated carbocycles. The third kappa shape index (κ3) is 2.44.